The zero-order valence-corrected chi connectivity index (χ0v) is 18.0. The van der Waals surface area contributed by atoms with Gasteiger partial charge in [-0.1, -0.05) is 24.3 Å². The molecule has 154 valence electrons. The van der Waals surface area contributed by atoms with Crippen molar-refractivity contribution in [3.8, 4) is 5.69 Å². The van der Waals surface area contributed by atoms with Gasteiger partial charge in [-0.05, 0) is 42.8 Å². The van der Waals surface area contributed by atoms with Gasteiger partial charge in [0.2, 0.25) is 0 Å². The first-order chi connectivity index (χ1) is 14.4. The summed E-state index contributed by atoms with van der Waals surface area (Å²) in [4.78, 5) is 15.6. The van der Waals surface area contributed by atoms with E-state index in [-0.39, 0.29) is 11.7 Å². The highest BCUT2D eigenvalue weighted by atomic mass is 32.1. The van der Waals surface area contributed by atoms with Gasteiger partial charge in [-0.15, -0.1) is 11.3 Å². The predicted octanol–water partition coefficient (Wildman–Crippen LogP) is 3.11. The van der Waals surface area contributed by atoms with Gasteiger partial charge in [-0.2, -0.15) is 5.10 Å². The fourth-order valence-electron chi connectivity index (χ4n) is 3.37. The summed E-state index contributed by atoms with van der Waals surface area (Å²) < 4.78 is 15.0. The van der Waals surface area contributed by atoms with Crippen molar-refractivity contribution in [2.45, 2.75) is 20.0 Å². The molecule has 0 atom stereocenters. The molecule has 0 unspecified atom stereocenters. The van der Waals surface area contributed by atoms with Gasteiger partial charge in [-0.25, -0.2) is 9.07 Å². The summed E-state index contributed by atoms with van der Waals surface area (Å²) in [6.45, 7) is 3.36. The smallest absolute Gasteiger partial charge is 0.261 e. The monoisotopic (exact) mass is 423 g/mol. The highest BCUT2D eigenvalue weighted by Crippen LogP contribution is 2.30. The number of quaternary nitrogens is 1. The molecule has 0 spiro atoms. The third-order valence-electron chi connectivity index (χ3n) is 4.87. The van der Waals surface area contributed by atoms with Crippen molar-refractivity contribution in [2.75, 3.05) is 14.1 Å². The molecular formula is C23H24FN4OS+. The first kappa shape index (κ1) is 20.3. The second-order valence-electron chi connectivity index (χ2n) is 7.69. The maximum absolute atomic E-state index is 13.3. The minimum Gasteiger partial charge on any atom is -0.347 e. The van der Waals surface area contributed by atoms with Crippen LogP contribution in [-0.4, -0.2) is 29.8 Å². The van der Waals surface area contributed by atoms with Gasteiger partial charge in [0.15, 0.2) is 0 Å². The molecular weight excluding hydrogens is 399 g/mol. The second kappa shape index (κ2) is 8.38. The van der Waals surface area contributed by atoms with Crippen LogP contribution in [0.3, 0.4) is 0 Å². The largest absolute Gasteiger partial charge is 0.347 e. The normalized spacial score (nSPS) is 11.4. The Labute approximate surface area is 178 Å². The minimum absolute atomic E-state index is 0.108. The fraction of sp³-hybridized carbons (Fsp3) is 0.217. The molecule has 0 aliphatic rings. The van der Waals surface area contributed by atoms with E-state index < -0.39 is 0 Å². The van der Waals surface area contributed by atoms with E-state index in [0.717, 1.165) is 33.7 Å². The number of aryl methyl sites for hydroxylation is 1. The summed E-state index contributed by atoms with van der Waals surface area (Å²) in [7, 11) is 4.24. The molecule has 2 heterocycles. The lowest BCUT2D eigenvalue weighted by Gasteiger charge is -2.08. The molecule has 2 aromatic carbocycles. The summed E-state index contributed by atoms with van der Waals surface area (Å²) in [5.74, 6) is -0.399. The highest BCUT2D eigenvalue weighted by Gasteiger charge is 2.17. The molecule has 5 nitrogen and oxygen atoms in total. The molecule has 0 fully saturated rings. The molecule has 0 aliphatic heterocycles. The summed E-state index contributed by atoms with van der Waals surface area (Å²) in [6, 6.07) is 16.4. The average Bonchev–Trinajstić information content (AvgIpc) is 3.28. The van der Waals surface area contributed by atoms with Crippen LogP contribution in [0.5, 0.6) is 0 Å². The number of amides is 1. The lowest BCUT2D eigenvalue weighted by molar-refractivity contribution is -0.872. The molecule has 0 aliphatic carbocycles. The first-order valence-corrected chi connectivity index (χ1v) is 10.6. The second-order valence-corrected chi connectivity index (χ2v) is 8.72. The third kappa shape index (κ3) is 4.27. The standard InChI is InChI=1S/C23H23FN4OS/c1-15-20-12-21(30-23(20)28(26-15)19-10-8-18(24)9-11-19)22(29)25-13-16-4-6-17(7-5-16)14-27(2)3/h4-12H,13-14H2,1-3H3,(H,25,29)/p+1. The molecule has 2 aromatic heterocycles. The van der Waals surface area contributed by atoms with Crippen molar-refractivity contribution in [2.24, 2.45) is 0 Å². The molecule has 7 heteroatoms. The van der Waals surface area contributed by atoms with Gasteiger partial charge in [0.1, 0.15) is 17.2 Å². The number of hydrogen-bond donors (Lipinski definition) is 2. The van der Waals surface area contributed by atoms with Crippen LogP contribution in [0, 0.1) is 12.7 Å². The molecule has 30 heavy (non-hydrogen) atoms. The Morgan fingerprint density at radius 3 is 2.43 bits per heavy atom. The molecule has 2 N–H and O–H groups in total. The van der Waals surface area contributed by atoms with Crippen LogP contribution >= 0.6 is 11.3 Å². The van der Waals surface area contributed by atoms with Crippen LogP contribution in [-0.2, 0) is 13.1 Å². The predicted molar refractivity (Wildman–Crippen MR) is 118 cm³/mol. The molecule has 1 amide bonds. The summed E-state index contributed by atoms with van der Waals surface area (Å²) >= 11 is 1.39. The van der Waals surface area contributed by atoms with E-state index in [1.54, 1.807) is 16.8 Å². The molecule has 4 aromatic rings. The number of nitrogens with one attached hydrogen (secondary N) is 2. The van der Waals surface area contributed by atoms with E-state index in [1.165, 1.54) is 33.9 Å². The molecule has 0 bridgehead atoms. The SMILES string of the molecule is Cc1nn(-c2ccc(F)cc2)c2sc(C(=O)NCc3ccc(C[NH+](C)C)cc3)cc12. The number of nitrogens with zero attached hydrogens (tertiary/aromatic N) is 2. The van der Waals surface area contributed by atoms with Gasteiger partial charge in [0.05, 0.1) is 30.4 Å². The Kier molecular flexibility index (Phi) is 5.65. The van der Waals surface area contributed by atoms with E-state index in [2.05, 4.69) is 48.8 Å². The van der Waals surface area contributed by atoms with Crippen LogP contribution in [0.4, 0.5) is 4.39 Å². The zero-order chi connectivity index (χ0) is 21.3. The van der Waals surface area contributed by atoms with Gasteiger partial charge < -0.3 is 10.2 Å². The van der Waals surface area contributed by atoms with Gasteiger partial charge in [0, 0.05) is 17.5 Å². The number of carbonyl (C=O) groups is 1. The first-order valence-electron chi connectivity index (χ1n) is 9.81. The van der Waals surface area contributed by atoms with Gasteiger partial charge in [-0.3, -0.25) is 4.79 Å². The lowest BCUT2D eigenvalue weighted by Crippen LogP contribution is -3.04. The lowest BCUT2D eigenvalue weighted by atomic mass is 10.1. The van der Waals surface area contributed by atoms with Gasteiger partial charge in [0.25, 0.3) is 5.91 Å². The number of halogens is 1. The van der Waals surface area contributed by atoms with Crippen LogP contribution in [0.25, 0.3) is 15.9 Å². The van der Waals surface area contributed by atoms with Crippen LogP contribution in [0.15, 0.2) is 54.6 Å². The zero-order valence-electron chi connectivity index (χ0n) is 17.2. The number of rotatable bonds is 6. The Bertz CT molecular complexity index is 1180. The maximum Gasteiger partial charge on any atom is 0.261 e. The summed E-state index contributed by atoms with van der Waals surface area (Å²) in [5.41, 5.74) is 3.94. The van der Waals surface area contributed by atoms with Crippen LogP contribution in [0.1, 0.15) is 26.5 Å². The van der Waals surface area contributed by atoms with Crippen molar-refractivity contribution in [3.63, 3.8) is 0 Å². The minimum atomic E-state index is -0.291. The van der Waals surface area contributed by atoms with Crippen LogP contribution < -0.4 is 10.2 Å². The number of hydrogen-bond acceptors (Lipinski definition) is 3. The summed E-state index contributed by atoms with van der Waals surface area (Å²) in [6.07, 6.45) is 0. The fourth-order valence-corrected chi connectivity index (χ4v) is 4.47. The number of aromatic nitrogens is 2. The van der Waals surface area contributed by atoms with Crippen molar-refractivity contribution in [1.82, 2.24) is 15.1 Å². The van der Waals surface area contributed by atoms with E-state index in [0.29, 0.717) is 11.4 Å². The van der Waals surface area contributed by atoms with Crippen molar-refractivity contribution in [3.05, 3.63) is 82.1 Å². The van der Waals surface area contributed by atoms with Crippen LogP contribution in [0.2, 0.25) is 0 Å². The Morgan fingerprint density at radius 2 is 1.77 bits per heavy atom. The number of benzene rings is 2. The van der Waals surface area contributed by atoms with Crippen molar-refractivity contribution in [1.29, 1.82) is 0 Å². The number of fused-ring (bicyclic) bond motifs is 1. The topological polar surface area (TPSA) is 51.4 Å². The highest BCUT2D eigenvalue weighted by molar-refractivity contribution is 7.20. The maximum atomic E-state index is 13.3. The van der Waals surface area contributed by atoms with E-state index in [1.807, 2.05) is 13.0 Å². The van der Waals surface area contributed by atoms with E-state index >= 15 is 0 Å². The average molecular weight is 424 g/mol. The van der Waals surface area contributed by atoms with Gasteiger partial charge >= 0.3 is 0 Å². The molecule has 0 saturated heterocycles. The quantitative estimate of drug-likeness (QED) is 0.501. The Morgan fingerprint density at radius 1 is 1.10 bits per heavy atom. The molecule has 0 radical (unpaired) electrons. The van der Waals surface area contributed by atoms with Crippen molar-refractivity contribution >= 4 is 27.5 Å². The number of thiophene rings is 1. The van der Waals surface area contributed by atoms with Crippen molar-refractivity contribution < 1.29 is 14.1 Å². The molecule has 0 saturated carbocycles. The Hall–Kier alpha value is -3.03. The van der Waals surface area contributed by atoms with E-state index in [9.17, 15) is 9.18 Å². The Balaban J connectivity index is 1.50. The third-order valence-corrected chi connectivity index (χ3v) is 5.98. The number of carbonyl (C=O) groups excluding carboxylic acids is 1. The molecule has 4 rings (SSSR count). The van der Waals surface area contributed by atoms with E-state index in [4.69, 9.17) is 0 Å². The summed E-state index contributed by atoms with van der Waals surface area (Å²) in [5, 5.41) is 8.48.